The first-order chi connectivity index (χ1) is 9.63. The van der Waals surface area contributed by atoms with Crippen LogP contribution < -0.4 is 5.32 Å². The van der Waals surface area contributed by atoms with Gasteiger partial charge in [-0.25, -0.2) is 0 Å². The van der Waals surface area contributed by atoms with Gasteiger partial charge in [-0.1, -0.05) is 45.0 Å². The largest absolute Gasteiger partial charge is 0.311 e. The highest BCUT2D eigenvalue weighted by atomic mass is 15.3. The van der Waals surface area contributed by atoms with E-state index in [1.54, 1.807) is 0 Å². The molecule has 1 aromatic rings. The van der Waals surface area contributed by atoms with E-state index in [0.717, 1.165) is 26.1 Å². The van der Waals surface area contributed by atoms with Crippen molar-refractivity contribution < 1.29 is 0 Å². The highest BCUT2D eigenvalue weighted by molar-refractivity contribution is 5.22. The van der Waals surface area contributed by atoms with Crippen molar-refractivity contribution in [2.24, 2.45) is 0 Å². The first-order valence-corrected chi connectivity index (χ1v) is 8.19. The molecule has 0 radical (unpaired) electrons. The van der Waals surface area contributed by atoms with Crippen LogP contribution in [0.2, 0.25) is 0 Å². The minimum atomic E-state index is 0.329. The van der Waals surface area contributed by atoms with Crippen molar-refractivity contribution >= 4 is 0 Å². The molecule has 1 aromatic carbocycles. The average molecular weight is 274 g/mol. The summed E-state index contributed by atoms with van der Waals surface area (Å²) in [6.07, 6.45) is 3.56. The Bertz CT molecular complexity index is 406. The van der Waals surface area contributed by atoms with E-state index in [1.165, 1.54) is 24.0 Å². The third kappa shape index (κ3) is 3.24. The zero-order valence-corrected chi connectivity index (χ0v) is 13.6. The van der Waals surface area contributed by atoms with Gasteiger partial charge in [0.15, 0.2) is 0 Å². The maximum Gasteiger partial charge on any atom is 0.0333 e. The Balaban J connectivity index is 2.14. The lowest BCUT2D eigenvalue weighted by atomic mass is 9.87. The van der Waals surface area contributed by atoms with Gasteiger partial charge < -0.3 is 5.32 Å². The average Bonchev–Trinajstić information content (AvgIpc) is 2.49. The van der Waals surface area contributed by atoms with E-state index in [1.807, 2.05) is 0 Å². The molecule has 1 aliphatic rings. The summed E-state index contributed by atoms with van der Waals surface area (Å²) < 4.78 is 0. The summed E-state index contributed by atoms with van der Waals surface area (Å²) in [5.41, 5.74) is 3.21. The molecule has 1 aliphatic heterocycles. The van der Waals surface area contributed by atoms with Gasteiger partial charge in [-0.15, -0.1) is 0 Å². The standard InChI is InChI=1S/C18H30N2/c1-5-16-8-10-17(11-9-16)13-20-12-15(4)19-14-18(20,6-2)7-3/h8-11,15,19H,5-7,12-14H2,1-4H3. The smallest absolute Gasteiger partial charge is 0.0333 e. The second kappa shape index (κ2) is 6.73. The molecule has 1 unspecified atom stereocenters. The molecule has 0 aliphatic carbocycles. The molecule has 0 saturated carbocycles. The topological polar surface area (TPSA) is 15.3 Å². The number of nitrogens with zero attached hydrogens (tertiary/aromatic N) is 1. The van der Waals surface area contributed by atoms with Gasteiger partial charge in [-0.2, -0.15) is 0 Å². The lowest BCUT2D eigenvalue weighted by Gasteiger charge is -2.49. The van der Waals surface area contributed by atoms with E-state index in [9.17, 15) is 0 Å². The zero-order valence-electron chi connectivity index (χ0n) is 13.6. The molecule has 1 N–H and O–H groups in total. The maximum atomic E-state index is 3.67. The van der Waals surface area contributed by atoms with Crippen LogP contribution in [0.5, 0.6) is 0 Å². The molecule has 1 saturated heterocycles. The summed E-state index contributed by atoms with van der Waals surface area (Å²) in [7, 11) is 0. The van der Waals surface area contributed by atoms with E-state index in [4.69, 9.17) is 0 Å². The SMILES string of the molecule is CCc1ccc(CN2CC(C)NCC2(CC)CC)cc1. The number of piperazine rings is 1. The van der Waals surface area contributed by atoms with Crippen LogP contribution in [-0.2, 0) is 13.0 Å². The fourth-order valence-corrected chi connectivity index (χ4v) is 3.35. The summed E-state index contributed by atoms with van der Waals surface area (Å²) in [6.45, 7) is 12.5. The number of nitrogens with one attached hydrogen (secondary N) is 1. The summed E-state index contributed by atoms with van der Waals surface area (Å²) in [4.78, 5) is 2.70. The first kappa shape index (κ1) is 15.5. The molecule has 20 heavy (non-hydrogen) atoms. The molecule has 2 rings (SSSR count). The van der Waals surface area contributed by atoms with Crippen molar-refractivity contribution in [3.05, 3.63) is 35.4 Å². The summed E-state index contributed by atoms with van der Waals surface area (Å²) in [6, 6.07) is 9.76. The monoisotopic (exact) mass is 274 g/mol. The lowest BCUT2D eigenvalue weighted by Crippen LogP contribution is -2.63. The quantitative estimate of drug-likeness (QED) is 0.882. The van der Waals surface area contributed by atoms with E-state index in [0.29, 0.717) is 11.6 Å². The molecule has 2 nitrogen and oxygen atoms in total. The summed E-state index contributed by atoms with van der Waals surface area (Å²) in [5, 5.41) is 3.67. The van der Waals surface area contributed by atoms with Gasteiger partial charge in [0.25, 0.3) is 0 Å². The Morgan fingerprint density at radius 2 is 1.70 bits per heavy atom. The minimum absolute atomic E-state index is 0.329. The van der Waals surface area contributed by atoms with Crippen molar-refractivity contribution in [1.82, 2.24) is 10.2 Å². The van der Waals surface area contributed by atoms with Crippen LogP contribution in [0, 0.1) is 0 Å². The number of rotatable bonds is 5. The molecule has 0 spiro atoms. The molecule has 0 bridgehead atoms. The van der Waals surface area contributed by atoms with Crippen LogP contribution in [0.1, 0.15) is 51.7 Å². The number of hydrogen-bond donors (Lipinski definition) is 1. The predicted octanol–water partition coefficient (Wildman–Crippen LogP) is 3.60. The van der Waals surface area contributed by atoms with Gasteiger partial charge in [-0.05, 0) is 37.3 Å². The van der Waals surface area contributed by atoms with Crippen LogP contribution in [0.3, 0.4) is 0 Å². The van der Waals surface area contributed by atoms with Crippen LogP contribution >= 0.6 is 0 Å². The van der Waals surface area contributed by atoms with E-state index < -0.39 is 0 Å². The van der Waals surface area contributed by atoms with E-state index in [-0.39, 0.29) is 0 Å². The van der Waals surface area contributed by atoms with Gasteiger partial charge in [0.05, 0.1) is 0 Å². The van der Waals surface area contributed by atoms with Gasteiger partial charge in [0, 0.05) is 31.2 Å². The molecule has 0 amide bonds. The Morgan fingerprint density at radius 3 is 2.25 bits per heavy atom. The Labute approximate surface area is 124 Å². The highest BCUT2D eigenvalue weighted by Crippen LogP contribution is 2.28. The normalized spacial score (nSPS) is 22.9. The van der Waals surface area contributed by atoms with Crippen LogP contribution in [0.15, 0.2) is 24.3 Å². The number of benzene rings is 1. The first-order valence-electron chi connectivity index (χ1n) is 8.19. The fourth-order valence-electron chi connectivity index (χ4n) is 3.35. The van der Waals surface area contributed by atoms with E-state index in [2.05, 4.69) is 62.2 Å². The number of aryl methyl sites for hydroxylation is 1. The van der Waals surface area contributed by atoms with Crippen LogP contribution in [0.4, 0.5) is 0 Å². The van der Waals surface area contributed by atoms with Crippen LogP contribution in [0.25, 0.3) is 0 Å². The summed E-state index contributed by atoms with van der Waals surface area (Å²) in [5.74, 6) is 0. The lowest BCUT2D eigenvalue weighted by molar-refractivity contribution is 0.0278. The van der Waals surface area contributed by atoms with Crippen molar-refractivity contribution in [2.45, 2.75) is 65.1 Å². The zero-order chi connectivity index (χ0) is 14.6. The van der Waals surface area contributed by atoms with Gasteiger partial charge in [0.1, 0.15) is 0 Å². The van der Waals surface area contributed by atoms with Crippen molar-refractivity contribution in [3.63, 3.8) is 0 Å². The molecule has 1 heterocycles. The molecule has 1 fully saturated rings. The summed E-state index contributed by atoms with van der Waals surface area (Å²) >= 11 is 0. The molecule has 112 valence electrons. The molecule has 1 atom stereocenters. The Hall–Kier alpha value is -0.860. The van der Waals surface area contributed by atoms with Crippen LogP contribution in [-0.4, -0.2) is 29.6 Å². The molecular weight excluding hydrogens is 244 g/mol. The fraction of sp³-hybridized carbons (Fsp3) is 0.667. The van der Waals surface area contributed by atoms with Crippen molar-refractivity contribution in [3.8, 4) is 0 Å². The minimum Gasteiger partial charge on any atom is -0.311 e. The third-order valence-corrected chi connectivity index (χ3v) is 5.07. The van der Waals surface area contributed by atoms with Crippen molar-refractivity contribution in [1.29, 1.82) is 0 Å². The van der Waals surface area contributed by atoms with Gasteiger partial charge in [0.2, 0.25) is 0 Å². The Morgan fingerprint density at radius 1 is 1.10 bits per heavy atom. The second-order valence-corrected chi connectivity index (χ2v) is 6.26. The maximum absolute atomic E-state index is 3.67. The van der Waals surface area contributed by atoms with E-state index >= 15 is 0 Å². The predicted molar refractivity (Wildman–Crippen MR) is 87.0 cm³/mol. The van der Waals surface area contributed by atoms with Gasteiger partial charge in [-0.3, -0.25) is 4.90 Å². The number of hydrogen-bond acceptors (Lipinski definition) is 2. The molecular formula is C18H30N2. The van der Waals surface area contributed by atoms with Gasteiger partial charge >= 0.3 is 0 Å². The highest BCUT2D eigenvalue weighted by Gasteiger charge is 2.37. The van der Waals surface area contributed by atoms with Crippen molar-refractivity contribution in [2.75, 3.05) is 13.1 Å². The molecule has 0 aromatic heterocycles. The second-order valence-electron chi connectivity index (χ2n) is 6.26. The third-order valence-electron chi connectivity index (χ3n) is 5.07. The Kier molecular flexibility index (Phi) is 5.22. The molecule has 2 heteroatoms.